The van der Waals surface area contributed by atoms with E-state index in [1.165, 1.54) is 6.07 Å². The van der Waals surface area contributed by atoms with E-state index in [2.05, 4.69) is 5.32 Å². The van der Waals surface area contributed by atoms with Crippen molar-refractivity contribution in [3.05, 3.63) is 33.9 Å². The third-order valence-electron chi connectivity index (χ3n) is 3.34. The van der Waals surface area contributed by atoms with E-state index in [1.54, 1.807) is 12.1 Å². The van der Waals surface area contributed by atoms with Gasteiger partial charge in [-0.2, -0.15) is 0 Å². The van der Waals surface area contributed by atoms with E-state index >= 15 is 0 Å². The second-order valence-corrected chi connectivity index (χ2v) is 5.51. The summed E-state index contributed by atoms with van der Waals surface area (Å²) in [6.45, 7) is 6.17. The zero-order valence-corrected chi connectivity index (χ0v) is 12.8. The maximum Gasteiger partial charge on any atom is 0.274 e. The number of nitro groups is 1. The Kier molecular flexibility index (Phi) is 6.30. The molecular weight excluding hydrogens is 270 g/mol. The molecule has 1 aromatic carbocycles. The van der Waals surface area contributed by atoms with E-state index < -0.39 is 4.92 Å². The second-order valence-electron chi connectivity index (χ2n) is 5.51. The van der Waals surface area contributed by atoms with Gasteiger partial charge in [0.15, 0.2) is 0 Å². The number of hydrogen-bond donors (Lipinski definition) is 2. The Morgan fingerprint density at radius 1 is 1.43 bits per heavy atom. The predicted molar refractivity (Wildman–Crippen MR) is 83.1 cm³/mol. The molecular formula is C15H23N3O3. The number of rotatable bonds is 7. The number of amides is 1. The fourth-order valence-corrected chi connectivity index (χ4v) is 2.23. The van der Waals surface area contributed by atoms with Gasteiger partial charge in [-0.15, -0.1) is 0 Å². The molecule has 1 unspecified atom stereocenters. The van der Waals surface area contributed by atoms with Crippen molar-refractivity contribution in [3.63, 3.8) is 0 Å². The van der Waals surface area contributed by atoms with Crippen LogP contribution in [-0.4, -0.2) is 17.4 Å². The average Bonchev–Trinajstić information content (AvgIpc) is 2.44. The van der Waals surface area contributed by atoms with Crippen molar-refractivity contribution in [2.75, 3.05) is 11.9 Å². The number of hydrogen-bond acceptors (Lipinski definition) is 4. The summed E-state index contributed by atoms with van der Waals surface area (Å²) in [5.74, 6) is -0.110. The SMILES string of the molecule is CCc1ccc(NC(=O)C(CN)CC(C)C)cc1[N+](=O)[O-]. The van der Waals surface area contributed by atoms with Crippen molar-refractivity contribution in [2.24, 2.45) is 17.6 Å². The number of carbonyl (C=O) groups is 1. The monoisotopic (exact) mass is 293 g/mol. The second kappa shape index (κ2) is 7.73. The van der Waals surface area contributed by atoms with Crippen LogP contribution in [-0.2, 0) is 11.2 Å². The summed E-state index contributed by atoms with van der Waals surface area (Å²) in [6.07, 6.45) is 1.26. The first-order chi connectivity index (χ1) is 9.88. The van der Waals surface area contributed by atoms with Gasteiger partial charge >= 0.3 is 0 Å². The van der Waals surface area contributed by atoms with Gasteiger partial charge in [0, 0.05) is 23.9 Å². The van der Waals surface area contributed by atoms with E-state index in [9.17, 15) is 14.9 Å². The normalized spacial score (nSPS) is 12.2. The van der Waals surface area contributed by atoms with Gasteiger partial charge < -0.3 is 11.1 Å². The lowest BCUT2D eigenvalue weighted by Crippen LogP contribution is -2.30. The molecule has 0 saturated carbocycles. The van der Waals surface area contributed by atoms with Crippen LogP contribution in [0.4, 0.5) is 11.4 Å². The zero-order valence-electron chi connectivity index (χ0n) is 12.8. The highest BCUT2D eigenvalue weighted by molar-refractivity contribution is 5.93. The largest absolute Gasteiger partial charge is 0.330 e. The standard InChI is InChI=1S/C15H23N3O3/c1-4-11-5-6-13(8-14(11)18(20)21)17-15(19)12(9-16)7-10(2)3/h5-6,8,10,12H,4,7,9,16H2,1-3H3,(H,17,19). The lowest BCUT2D eigenvalue weighted by Gasteiger charge is -2.17. The number of benzene rings is 1. The minimum Gasteiger partial charge on any atom is -0.330 e. The minimum atomic E-state index is -0.428. The van der Waals surface area contributed by atoms with Gasteiger partial charge in [0.1, 0.15) is 0 Å². The van der Waals surface area contributed by atoms with Crippen LogP contribution in [0.5, 0.6) is 0 Å². The predicted octanol–water partition coefficient (Wildman–Crippen LogP) is 2.72. The van der Waals surface area contributed by atoms with Crippen LogP contribution in [0.1, 0.15) is 32.8 Å². The molecule has 0 radical (unpaired) electrons. The lowest BCUT2D eigenvalue weighted by atomic mass is 9.96. The minimum absolute atomic E-state index is 0.0310. The molecule has 21 heavy (non-hydrogen) atoms. The molecule has 0 aliphatic heterocycles. The van der Waals surface area contributed by atoms with Crippen LogP contribution in [0.2, 0.25) is 0 Å². The molecule has 0 fully saturated rings. The summed E-state index contributed by atoms with van der Waals surface area (Å²) in [5, 5.41) is 13.7. The summed E-state index contributed by atoms with van der Waals surface area (Å²) in [5.41, 5.74) is 6.75. The summed E-state index contributed by atoms with van der Waals surface area (Å²) >= 11 is 0. The Hall–Kier alpha value is -1.95. The molecule has 0 heterocycles. The van der Waals surface area contributed by atoms with Crippen LogP contribution in [0.3, 0.4) is 0 Å². The highest BCUT2D eigenvalue weighted by atomic mass is 16.6. The summed E-state index contributed by atoms with van der Waals surface area (Å²) < 4.78 is 0. The molecule has 0 saturated heterocycles. The Balaban J connectivity index is 2.89. The number of aryl methyl sites for hydroxylation is 1. The van der Waals surface area contributed by atoms with Gasteiger partial charge in [-0.05, 0) is 24.8 Å². The summed E-state index contributed by atoms with van der Waals surface area (Å²) in [6, 6.07) is 4.76. The van der Waals surface area contributed by atoms with Gasteiger partial charge in [0.05, 0.1) is 10.8 Å². The molecule has 0 bridgehead atoms. The molecule has 0 spiro atoms. The Morgan fingerprint density at radius 3 is 2.57 bits per heavy atom. The van der Waals surface area contributed by atoms with Gasteiger partial charge in [-0.3, -0.25) is 14.9 Å². The van der Waals surface area contributed by atoms with Gasteiger partial charge in [0.2, 0.25) is 5.91 Å². The number of anilines is 1. The molecule has 6 nitrogen and oxygen atoms in total. The molecule has 0 aromatic heterocycles. The molecule has 1 atom stereocenters. The molecule has 6 heteroatoms. The zero-order chi connectivity index (χ0) is 16.0. The number of nitrogens with two attached hydrogens (primary N) is 1. The van der Waals surface area contributed by atoms with E-state index in [1.807, 2.05) is 20.8 Å². The van der Waals surface area contributed by atoms with Crippen molar-refractivity contribution in [2.45, 2.75) is 33.6 Å². The number of nitrogens with one attached hydrogen (secondary N) is 1. The average molecular weight is 293 g/mol. The quantitative estimate of drug-likeness (QED) is 0.596. The van der Waals surface area contributed by atoms with Crippen LogP contribution in [0.15, 0.2) is 18.2 Å². The van der Waals surface area contributed by atoms with E-state index in [-0.39, 0.29) is 24.1 Å². The van der Waals surface area contributed by atoms with E-state index in [0.29, 0.717) is 30.0 Å². The summed E-state index contributed by atoms with van der Waals surface area (Å²) in [4.78, 5) is 22.8. The van der Waals surface area contributed by atoms with Crippen LogP contribution >= 0.6 is 0 Å². The van der Waals surface area contributed by atoms with Crippen molar-refractivity contribution in [1.82, 2.24) is 0 Å². The van der Waals surface area contributed by atoms with Gasteiger partial charge in [0.25, 0.3) is 5.69 Å². The number of nitro benzene ring substituents is 1. The Labute approximate surface area is 124 Å². The van der Waals surface area contributed by atoms with Crippen LogP contribution in [0, 0.1) is 22.0 Å². The molecule has 1 aromatic rings. The highest BCUT2D eigenvalue weighted by Gasteiger charge is 2.20. The Morgan fingerprint density at radius 2 is 2.10 bits per heavy atom. The van der Waals surface area contributed by atoms with Crippen molar-refractivity contribution in [1.29, 1.82) is 0 Å². The fourth-order valence-electron chi connectivity index (χ4n) is 2.23. The first-order valence-electron chi connectivity index (χ1n) is 7.17. The van der Waals surface area contributed by atoms with Crippen molar-refractivity contribution in [3.8, 4) is 0 Å². The summed E-state index contributed by atoms with van der Waals surface area (Å²) in [7, 11) is 0. The number of nitrogens with zero attached hydrogens (tertiary/aromatic N) is 1. The lowest BCUT2D eigenvalue weighted by molar-refractivity contribution is -0.385. The van der Waals surface area contributed by atoms with Crippen LogP contribution < -0.4 is 11.1 Å². The topological polar surface area (TPSA) is 98.3 Å². The third-order valence-corrected chi connectivity index (χ3v) is 3.34. The highest BCUT2D eigenvalue weighted by Crippen LogP contribution is 2.24. The fraction of sp³-hybridized carbons (Fsp3) is 0.533. The smallest absolute Gasteiger partial charge is 0.274 e. The first kappa shape index (κ1) is 17.1. The first-order valence-corrected chi connectivity index (χ1v) is 7.17. The molecule has 1 amide bonds. The van der Waals surface area contributed by atoms with Crippen LogP contribution in [0.25, 0.3) is 0 Å². The molecule has 1 rings (SSSR count). The van der Waals surface area contributed by atoms with Crippen molar-refractivity contribution >= 4 is 17.3 Å². The molecule has 0 aliphatic carbocycles. The van der Waals surface area contributed by atoms with E-state index in [4.69, 9.17) is 5.73 Å². The molecule has 3 N–H and O–H groups in total. The van der Waals surface area contributed by atoms with Gasteiger partial charge in [-0.1, -0.05) is 26.8 Å². The van der Waals surface area contributed by atoms with E-state index in [0.717, 1.165) is 0 Å². The maximum atomic E-state index is 12.2. The van der Waals surface area contributed by atoms with Gasteiger partial charge in [-0.25, -0.2) is 0 Å². The Bertz CT molecular complexity index is 515. The molecule has 116 valence electrons. The number of carbonyl (C=O) groups excluding carboxylic acids is 1. The molecule has 0 aliphatic rings. The third kappa shape index (κ3) is 4.82. The van der Waals surface area contributed by atoms with Crippen molar-refractivity contribution < 1.29 is 9.72 Å². The maximum absolute atomic E-state index is 12.2.